The van der Waals surface area contributed by atoms with E-state index in [0.717, 1.165) is 36.3 Å². The van der Waals surface area contributed by atoms with Crippen molar-refractivity contribution < 1.29 is 31.1 Å². The number of nitrogens with one attached hydrogen (secondary N) is 1. The zero-order valence-corrected chi connectivity index (χ0v) is 18.3. The fourth-order valence-electron chi connectivity index (χ4n) is 5.06. The molecule has 2 bridgehead atoms. The summed E-state index contributed by atoms with van der Waals surface area (Å²) in [5.74, 6) is 0.370. The molecule has 0 radical (unpaired) electrons. The summed E-state index contributed by atoms with van der Waals surface area (Å²) in [5, 5.41) is 3.10. The van der Waals surface area contributed by atoms with Gasteiger partial charge < -0.3 is 0 Å². The Labute approximate surface area is 168 Å². The second-order valence-corrected chi connectivity index (χ2v) is 12.5. The van der Waals surface area contributed by atoms with E-state index >= 15 is 0 Å². The number of hydrogen-bond acceptors (Lipinski definition) is 3. The molecular weight excluding hydrogens is 532 g/mol. The van der Waals surface area contributed by atoms with E-state index in [2.05, 4.69) is 13.3 Å². The van der Waals surface area contributed by atoms with Gasteiger partial charge in [-0.15, -0.1) is 0 Å². The molecule has 1 saturated heterocycles. The number of rotatable bonds is 4. The van der Waals surface area contributed by atoms with Crippen LogP contribution in [0.1, 0.15) is 57.8 Å². The topological polar surface area (TPSA) is 52.7 Å². The number of halogens is 2. The SMILES string of the molecule is O=C(I)NC12CC(N3CCN([I-]C4CCCCCC4)C(=O)C3)(C1)C2. The summed E-state index contributed by atoms with van der Waals surface area (Å²) in [6, 6.07) is 0. The number of hydrogen-bond donors (Lipinski definition) is 1. The molecule has 7 heteroatoms. The second kappa shape index (κ2) is 6.83. The van der Waals surface area contributed by atoms with E-state index in [4.69, 9.17) is 0 Å². The Morgan fingerprint density at radius 1 is 1.12 bits per heavy atom. The number of alkyl halides is 1. The number of carbonyl (C=O) groups is 2. The van der Waals surface area contributed by atoms with Crippen molar-refractivity contribution in [2.24, 2.45) is 0 Å². The van der Waals surface area contributed by atoms with Gasteiger partial charge in [-0.3, -0.25) is 0 Å². The van der Waals surface area contributed by atoms with Crippen LogP contribution in [0.4, 0.5) is 4.79 Å². The van der Waals surface area contributed by atoms with Gasteiger partial charge in [0.15, 0.2) is 0 Å². The predicted octanol–water partition coefficient (Wildman–Crippen LogP) is -0.323. The summed E-state index contributed by atoms with van der Waals surface area (Å²) in [4.78, 5) is 26.4. The van der Waals surface area contributed by atoms with Crippen molar-refractivity contribution in [1.29, 1.82) is 0 Å². The summed E-state index contributed by atoms with van der Waals surface area (Å²) in [6.07, 6.45) is 11.3. The van der Waals surface area contributed by atoms with Crippen LogP contribution in [-0.2, 0) is 4.79 Å². The average Bonchev–Trinajstić information content (AvgIpc) is 2.72. The van der Waals surface area contributed by atoms with Crippen LogP contribution in [0.3, 0.4) is 0 Å². The van der Waals surface area contributed by atoms with E-state index in [9.17, 15) is 9.59 Å². The normalized spacial score (nSPS) is 37.5. The summed E-state index contributed by atoms with van der Waals surface area (Å²) in [7, 11) is 0. The third-order valence-electron chi connectivity index (χ3n) is 6.24. The number of carbonyl (C=O) groups excluding carboxylic acids is 2. The monoisotopic (exact) mass is 558 g/mol. The van der Waals surface area contributed by atoms with E-state index in [-0.39, 0.29) is 36.5 Å². The fourth-order valence-corrected chi connectivity index (χ4v) is 8.98. The zero-order valence-electron chi connectivity index (χ0n) is 14.0. The standard InChI is InChI=1S/C17H26I2N3O2/c18-15(24)20-16-10-17(11-16,12-16)21-7-8-22(14(23)9-21)19-13-5-3-1-2-4-6-13/h13H,1-12H2,(H,20,24)/q-1. The molecule has 5 rings (SSSR count). The maximum atomic E-state index is 12.7. The molecule has 1 aliphatic heterocycles. The van der Waals surface area contributed by atoms with Crippen LogP contribution in [0.25, 0.3) is 0 Å². The zero-order chi connectivity index (χ0) is 16.8. The molecule has 0 aromatic carbocycles. The first-order valence-corrected chi connectivity index (χ1v) is 12.5. The Morgan fingerprint density at radius 2 is 1.79 bits per heavy atom. The van der Waals surface area contributed by atoms with E-state index in [1.54, 1.807) is 0 Å². The van der Waals surface area contributed by atoms with Crippen LogP contribution in [-0.4, -0.2) is 52.5 Å². The van der Waals surface area contributed by atoms with Crippen LogP contribution in [0.2, 0.25) is 0 Å². The van der Waals surface area contributed by atoms with E-state index in [1.165, 1.54) is 38.5 Å². The first-order chi connectivity index (χ1) is 11.5. The number of piperazine rings is 1. The van der Waals surface area contributed by atoms with Crippen LogP contribution in [0.5, 0.6) is 0 Å². The minimum absolute atomic E-state index is 0.0509. The van der Waals surface area contributed by atoms with Crippen LogP contribution < -0.4 is 26.8 Å². The van der Waals surface area contributed by atoms with Crippen LogP contribution in [0, 0.1) is 0 Å². The molecule has 0 atom stereocenters. The van der Waals surface area contributed by atoms with Gasteiger partial charge in [0.2, 0.25) is 0 Å². The molecule has 24 heavy (non-hydrogen) atoms. The van der Waals surface area contributed by atoms with Crippen molar-refractivity contribution in [1.82, 2.24) is 13.3 Å². The maximum absolute atomic E-state index is 12.7. The molecule has 4 saturated carbocycles. The summed E-state index contributed by atoms with van der Waals surface area (Å²) >= 11 is 1.69. The van der Waals surface area contributed by atoms with Crippen molar-refractivity contribution >= 4 is 32.4 Å². The molecule has 0 unspecified atom stereocenters. The number of nitrogens with zero attached hydrogens (tertiary/aromatic N) is 2. The quantitative estimate of drug-likeness (QED) is 0.129. The van der Waals surface area contributed by atoms with Gasteiger partial charge in [0.1, 0.15) is 0 Å². The first-order valence-electron chi connectivity index (χ1n) is 9.17. The molecule has 136 valence electrons. The van der Waals surface area contributed by atoms with Gasteiger partial charge in [-0.1, -0.05) is 0 Å². The average molecular weight is 558 g/mol. The molecule has 0 spiro atoms. The molecule has 1 N–H and O–H groups in total. The van der Waals surface area contributed by atoms with Gasteiger partial charge in [-0.05, 0) is 0 Å². The molecule has 5 fully saturated rings. The molecule has 2 amide bonds. The fraction of sp³-hybridized carbons (Fsp3) is 0.882. The summed E-state index contributed by atoms with van der Waals surface area (Å²) in [6.45, 7) is 2.59. The van der Waals surface area contributed by atoms with Crippen LogP contribution in [0.15, 0.2) is 0 Å². The second-order valence-electron chi connectivity index (χ2n) is 8.02. The van der Waals surface area contributed by atoms with Crippen LogP contribution >= 0.6 is 22.6 Å². The molecule has 4 aliphatic carbocycles. The Bertz CT molecular complexity index is 514. The van der Waals surface area contributed by atoms with Gasteiger partial charge in [-0.2, -0.15) is 0 Å². The third kappa shape index (κ3) is 3.33. The van der Waals surface area contributed by atoms with Gasteiger partial charge in [0, 0.05) is 0 Å². The van der Waals surface area contributed by atoms with Crippen molar-refractivity contribution in [2.75, 3.05) is 19.6 Å². The molecular formula is C17H26I2N3O2-. The van der Waals surface area contributed by atoms with E-state index in [0.29, 0.717) is 12.5 Å². The van der Waals surface area contributed by atoms with E-state index < -0.39 is 0 Å². The van der Waals surface area contributed by atoms with Crippen molar-refractivity contribution in [3.63, 3.8) is 0 Å². The summed E-state index contributed by atoms with van der Waals surface area (Å²) in [5.41, 5.74) is 0.285. The minimum atomic E-state index is -0.128. The van der Waals surface area contributed by atoms with Gasteiger partial charge in [0.25, 0.3) is 0 Å². The molecule has 0 aromatic heterocycles. The van der Waals surface area contributed by atoms with Gasteiger partial charge in [0.05, 0.1) is 0 Å². The van der Waals surface area contributed by atoms with Crippen molar-refractivity contribution in [2.45, 2.75) is 72.8 Å². The molecule has 5 nitrogen and oxygen atoms in total. The first kappa shape index (κ1) is 17.8. The Balaban J connectivity index is 1.27. The van der Waals surface area contributed by atoms with Gasteiger partial charge in [-0.25, -0.2) is 0 Å². The van der Waals surface area contributed by atoms with Gasteiger partial charge >= 0.3 is 169 Å². The predicted molar refractivity (Wildman–Crippen MR) is 96.6 cm³/mol. The Morgan fingerprint density at radius 3 is 2.38 bits per heavy atom. The van der Waals surface area contributed by atoms with E-state index in [1.807, 2.05) is 22.6 Å². The Hall–Kier alpha value is 0.360. The summed E-state index contributed by atoms with van der Waals surface area (Å²) < 4.78 is 3.12. The van der Waals surface area contributed by atoms with Crippen molar-refractivity contribution in [3.8, 4) is 0 Å². The molecule has 0 aromatic rings. The molecule has 1 heterocycles. The number of amides is 2. The third-order valence-corrected chi connectivity index (χ3v) is 10.2. The Kier molecular flexibility index (Phi) is 5.05. The molecule has 5 aliphatic rings. The van der Waals surface area contributed by atoms with Crippen molar-refractivity contribution in [3.05, 3.63) is 0 Å².